The topological polar surface area (TPSA) is 35.6 Å². The molecule has 4 heteroatoms. The van der Waals surface area contributed by atoms with Gasteiger partial charge in [0.2, 0.25) is 0 Å². The second-order valence-corrected chi connectivity index (χ2v) is 9.50. The van der Waals surface area contributed by atoms with E-state index in [0.29, 0.717) is 0 Å². The standard InChI is InChI=1S/C34H22N4/c1-3-11-23(12-4-1)37-29-17-9-7-15-25(29)33-31(37)21-19-27(35-33)28-20-22-32-34(36-28)26-16-8-10-18-30(26)38(32)24-13-5-2-6-14-24/h1-22H. The van der Waals surface area contributed by atoms with Crippen LogP contribution in [0.15, 0.2) is 133 Å². The third-order valence-corrected chi connectivity index (χ3v) is 7.32. The molecule has 0 aliphatic carbocycles. The summed E-state index contributed by atoms with van der Waals surface area (Å²) in [6, 6.07) is 46.4. The van der Waals surface area contributed by atoms with Crippen molar-refractivity contribution in [2.24, 2.45) is 0 Å². The Kier molecular flexibility index (Phi) is 4.49. The maximum atomic E-state index is 5.18. The molecule has 0 saturated carbocycles. The maximum absolute atomic E-state index is 5.18. The Bertz CT molecular complexity index is 1960. The number of hydrogen-bond donors (Lipinski definition) is 0. The Balaban J connectivity index is 1.36. The van der Waals surface area contributed by atoms with E-state index in [9.17, 15) is 0 Å². The molecular formula is C34H22N4. The molecule has 0 atom stereocenters. The van der Waals surface area contributed by atoms with E-state index in [0.717, 1.165) is 66.6 Å². The van der Waals surface area contributed by atoms with Gasteiger partial charge in [-0.05, 0) is 60.7 Å². The molecule has 0 aliphatic rings. The van der Waals surface area contributed by atoms with E-state index >= 15 is 0 Å². The second kappa shape index (κ2) is 8.15. The Labute approximate surface area is 219 Å². The largest absolute Gasteiger partial charge is 0.308 e. The highest BCUT2D eigenvalue weighted by molar-refractivity contribution is 6.09. The first-order valence-electron chi connectivity index (χ1n) is 12.8. The van der Waals surface area contributed by atoms with Crippen LogP contribution in [0.5, 0.6) is 0 Å². The summed E-state index contributed by atoms with van der Waals surface area (Å²) in [7, 11) is 0. The molecule has 0 aliphatic heterocycles. The molecule has 38 heavy (non-hydrogen) atoms. The molecule has 4 aromatic heterocycles. The van der Waals surface area contributed by atoms with Gasteiger partial charge in [0, 0.05) is 22.1 Å². The van der Waals surface area contributed by atoms with E-state index in [2.05, 4.69) is 130 Å². The third kappa shape index (κ3) is 3.04. The number of benzene rings is 4. The maximum Gasteiger partial charge on any atom is 0.0971 e. The average molecular weight is 487 g/mol. The molecule has 0 spiro atoms. The first-order chi connectivity index (χ1) is 18.9. The summed E-state index contributed by atoms with van der Waals surface area (Å²) in [5, 5.41) is 2.27. The lowest BCUT2D eigenvalue weighted by Gasteiger charge is -2.08. The summed E-state index contributed by atoms with van der Waals surface area (Å²) in [6.07, 6.45) is 0. The normalized spacial score (nSPS) is 11.7. The third-order valence-electron chi connectivity index (χ3n) is 7.32. The zero-order valence-corrected chi connectivity index (χ0v) is 20.5. The van der Waals surface area contributed by atoms with Gasteiger partial charge in [-0.25, -0.2) is 9.97 Å². The number of aromatic nitrogens is 4. The van der Waals surface area contributed by atoms with Gasteiger partial charge in [-0.2, -0.15) is 0 Å². The zero-order chi connectivity index (χ0) is 25.1. The summed E-state index contributed by atoms with van der Waals surface area (Å²) < 4.78 is 4.57. The van der Waals surface area contributed by atoms with Gasteiger partial charge >= 0.3 is 0 Å². The van der Waals surface area contributed by atoms with E-state index in [-0.39, 0.29) is 0 Å². The fourth-order valence-electron chi connectivity index (χ4n) is 5.65. The van der Waals surface area contributed by atoms with Gasteiger partial charge in [-0.3, -0.25) is 0 Å². The van der Waals surface area contributed by atoms with Crippen LogP contribution in [0.25, 0.3) is 66.6 Å². The smallest absolute Gasteiger partial charge is 0.0971 e. The van der Waals surface area contributed by atoms with E-state index in [1.165, 1.54) is 0 Å². The molecular weight excluding hydrogens is 464 g/mol. The highest BCUT2D eigenvalue weighted by Crippen LogP contribution is 2.35. The molecule has 0 radical (unpaired) electrons. The van der Waals surface area contributed by atoms with Crippen LogP contribution in [0.3, 0.4) is 0 Å². The molecule has 0 fully saturated rings. The molecule has 178 valence electrons. The summed E-state index contributed by atoms with van der Waals surface area (Å²) in [6.45, 7) is 0. The van der Waals surface area contributed by atoms with Gasteiger partial charge in [0.05, 0.1) is 44.5 Å². The van der Waals surface area contributed by atoms with E-state index in [1.54, 1.807) is 0 Å². The SMILES string of the molecule is c1ccc(-n2c3ccccc3c3nc(-c4ccc5c(n4)c4ccccc4n5-c4ccccc4)ccc32)cc1. The monoisotopic (exact) mass is 486 g/mol. The van der Waals surface area contributed by atoms with Crippen LogP contribution >= 0.6 is 0 Å². The van der Waals surface area contributed by atoms with Crippen molar-refractivity contribution < 1.29 is 0 Å². The van der Waals surface area contributed by atoms with Crippen molar-refractivity contribution in [3.05, 3.63) is 133 Å². The lowest BCUT2D eigenvalue weighted by molar-refractivity contribution is 1.17. The minimum Gasteiger partial charge on any atom is -0.308 e. The minimum atomic E-state index is 0.868. The molecule has 0 bridgehead atoms. The van der Waals surface area contributed by atoms with Gasteiger partial charge in [-0.1, -0.05) is 72.8 Å². The van der Waals surface area contributed by atoms with Crippen LogP contribution in [-0.2, 0) is 0 Å². The fourth-order valence-corrected chi connectivity index (χ4v) is 5.65. The Hall–Kier alpha value is -5.22. The summed E-state index contributed by atoms with van der Waals surface area (Å²) >= 11 is 0. The number of pyridine rings is 2. The summed E-state index contributed by atoms with van der Waals surface area (Å²) in [5.74, 6) is 0. The van der Waals surface area contributed by atoms with Crippen molar-refractivity contribution in [1.82, 2.24) is 19.1 Å². The number of fused-ring (bicyclic) bond motifs is 6. The minimum absolute atomic E-state index is 0.868. The van der Waals surface area contributed by atoms with E-state index in [4.69, 9.17) is 9.97 Å². The van der Waals surface area contributed by atoms with Crippen molar-refractivity contribution in [2.45, 2.75) is 0 Å². The van der Waals surface area contributed by atoms with Crippen molar-refractivity contribution >= 4 is 43.9 Å². The highest BCUT2D eigenvalue weighted by atomic mass is 15.0. The highest BCUT2D eigenvalue weighted by Gasteiger charge is 2.17. The fraction of sp³-hybridized carbons (Fsp3) is 0. The Morgan fingerprint density at radius 3 is 1.18 bits per heavy atom. The lowest BCUT2D eigenvalue weighted by atomic mass is 10.2. The number of para-hydroxylation sites is 4. The predicted octanol–water partition coefficient (Wildman–Crippen LogP) is 8.34. The van der Waals surface area contributed by atoms with Gasteiger partial charge in [0.1, 0.15) is 0 Å². The Morgan fingerprint density at radius 2 is 0.737 bits per heavy atom. The van der Waals surface area contributed by atoms with Gasteiger partial charge < -0.3 is 9.13 Å². The molecule has 0 unspecified atom stereocenters. The summed E-state index contributed by atoms with van der Waals surface area (Å²) in [4.78, 5) is 10.4. The quantitative estimate of drug-likeness (QED) is 0.252. The van der Waals surface area contributed by atoms with E-state index in [1.807, 2.05) is 12.1 Å². The van der Waals surface area contributed by atoms with Crippen LogP contribution in [0.4, 0.5) is 0 Å². The molecule has 0 N–H and O–H groups in total. The van der Waals surface area contributed by atoms with Crippen molar-refractivity contribution in [2.75, 3.05) is 0 Å². The number of nitrogens with zero attached hydrogens (tertiary/aromatic N) is 4. The molecule has 4 heterocycles. The second-order valence-electron chi connectivity index (χ2n) is 9.50. The van der Waals surface area contributed by atoms with Crippen LogP contribution in [0.1, 0.15) is 0 Å². The lowest BCUT2D eigenvalue weighted by Crippen LogP contribution is -1.95. The number of hydrogen-bond acceptors (Lipinski definition) is 2. The Morgan fingerprint density at radius 1 is 0.342 bits per heavy atom. The molecule has 0 saturated heterocycles. The molecule has 0 amide bonds. The van der Waals surface area contributed by atoms with Gasteiger partial charge in [-0.15, -0.1) is 0 Å². The molecule has 8 rings (SSSR count). The van der Waals surface area contributed by atoms with Crippen LogP contribution in [0.2, 0.25) is 0 Å². The van der Waals surface area contributed by atoms with Gasteiger partial charge in [0.25, 0.3) is 0 Å². The first-order valence-corrected chi connectivity index (χ1v) is 12.8. The predicted molar refractivity (Wildman–Crippen MR) is 156 cm³/mol. The van der Waals surface area contributed by atoms with Crippen molar-refractivity contribution in [1.29, 1.82) is 0 Å². The summed E-state index contributed by atoms with van der Waals surface area (Å²) in [5.41, 5.74) is 10.4. The zero-order valence-electron chi connectivity index (χ0n) is 20.5. The van der Waals surface area contributed by atoms with Crippen molar-refractivity contribution in [3.63, 3.8) is 0 Å². The van der Waals surface area contributed by atoms with E-state index < -0.39 is 0 Å². The van der Waals surface area contributed by atoms with Crippen LogP contribution in [-0.4, -0.2) is 19.1 Å². The molecule has 4 nitrogen and oxygen atoms in total. The van der Waals surface area contributed by atoms with Gasteiger partial charge in [0.15, 0.2) is 0 Å². The number of rotatable bonds is 3. The van der Waals surface area contributed by atoms with Crippen molar-refractivity contribution in [3.8, 4) is 22.8 Å². The van der Waals surface area contributed by atoms with Crippen LogP contribution < -0.4 is 0 Å². The molecule has 8 aromatic rings. The average Bonchev–Trinajstić information content (AvgIpc) is 3.50. The molecule has 4 aromatic carbocycles. The van der Waals surface area contributed by atoms with Crippen LogP contribution in [0, 0.1) is 0 Å². The first kappa shape index (κ1) is 20.9.